The van der Waals surface area contributed by atoms with Gasteiger partial charge in [0.2, 0.25) is 12.7 Å². The molecule has 1 N–H and O–H groups in total. The standard InChI is InChI=1S/C19H19N3O4S/c1-2-18(23)20-10-19(24)22-14(9-13(21-22)17-4-3-7-27-17)12-5-6-15-16(8-12)26-11-25-15/h3-8,14H,2,9-11H2,1H3,(H,20,23)/t14-/m0/s1. The normalized spacial score (nSPS) is 17.7. The third-order valence-electron chi connectivity index (χ3n) is 4.51. The minimum absolute atomic E-state index is 0.0745. The summed E-state index contributed by atoms with van der Waals surface area (Å²) in [4.78, 5) is 25.3. The molecule has 0 fully saturated rings. The summed E-state index contributed by atoms with van der Waals surface area (Å²) in [5, 5.41) is 10.7. The molecule has 3 heterocycles. The first kappa shape index (κ1) is 17.5. The number of amides is 2. The first-order valence-corrected chi connectivity index (χ1v) is 9.63. The largest absolute Gasteiger partial charge is 0.454 e. The Bertz CT molecular complexity index is 894. The van der Waals surface area contributed by atoms with Crippen molar-refractivity contribution in [3.63, 3.8) is 0 Å². The molecular weight excluding hydrogens is 366 g/mol. The van der Waals surface area contributed by atoms with Gasteiger partial charge in [-0.05, 0) is 29.1 Å². The molecule has 0 saturated heterocycles. The SMILES string of the molecule is CCC(=O)NCC(=O)N1N=C(c2cccs2)C[C@H]1c1ccc2c(c1)OCO2. The maximum Gasteiger partial charge on any atom is 0.262 e. The summed E-state index contributed by atoms with van der Waals surface area (Å²) >= 11 is 1.59. The van der Waals surface area contributed by atoms with Gasteiger partial charge < -0.3 is 14.8 Å². The van der Waals surface area contributed by atoms with Gasteiger partial charge in [0.25, 0.3) is 5.91 Å². The Morgan fingerprint density at radius 1 is 1.30 bits per heavy atom. The van der Waals surface area contributed by atoms with Crippen LogP contribution in [0, 0.1) is 0 Å². The minimum Gasteiger partial charge on any atom is -0.454 e. The molecular formula is C19H19N3O4S. The fraction of sp³-hybridized carbons (Fsp3) is 0.316. The zero-order valence-corrected chi connectivity index (χ0v) is 15.6. The predicted octanol–water partition coefficient (Wildman–Crippen LogP) is 2.68. The molecule has 0 radical (unpaired) electrons. The van der Waals surface area contributed by atoms with E-state index in [0.29, 0.717) is 24.3 Å². The second-order valence-electron chi connectivity index (χ2n) is 6.23. The summed E-state index contributed by atoms with van der Waals surface area (Å²) in [7, 11) is 0. The first-order valence-electron chi connectivity index (χ1n) is 8.75. The van der Waals surface area contributed by atoms with E-state index in [1.54, 1.807) is 18.3 Å². The maximum absolute atomic E-state index is 12.7. The van der Waals surface area contributed by atoms with Gasteiger partial charge >= 0.3 is 0 Å². The molecule has 1 atom stereocenters. The lowest BCUT2D eigenvalue weighted by molar-refractivity contribution is -0.134. The van der Waals surface area contributed by atoms with Crippen LogP contribution in [-0.2, 0) is 9.59 Å². The fourth-order valence-corrected chi connectivity index (χ4v) is 3.81. The third-order valence-corrected chi connectivity index (χ3v) is 5.43. The second-order valence-corrected chi connectivity index (χ2v) is 7.17. The molecule has 2 aliphatic heterocycles. The second kappa shape index (κ2) is 7.40. The summed E-state index contributed by atoms with van der Waals surface area (Å²) in [6.45, 7) is 1.87. The molecule has 7 nitrogen and oxygen atoms in total. The van der Waals surface area contributed by atoms with E-state index in [-0.39, 0.29) is 31.2 Å². The van der Waals surface area contributed by atoms with Crippen LogP contribution in [-0.4, -0.2) is 35.9 Å². The highest BCUT2D eigenvalue weighted by atomic mass is 32.1. The quantitative estimate of drug-likeness (QED) is 0.858. The maximum atomic E-state index is 12.7. The van der Waals surface area contributed by atoms with Crippen molar-refractivity contribution in [2.24, 2.45) is 5.10 Å². The van der Waals surface area contributed by atoms with Crippen LogP contribution in [0.4, 0.5) is 0 Å². The van der Waals surface area contributed by atoms with Crippen LogP contribution in [0.1, 0.15) is 36.2 Å². The number of benzene rings is 1. The molecule has 27 heavy (non-hydrogen) atoms. The number of nitrogens with one attached hydrogen (secondary N) is 1. The molecule has 8 heteroatoms. The summed E-state index contributed by atoms with van der Waals surface area (Å²) in [6.07, 6.45) is 0.941. The zero-order valence-electron chi connectivity index (χ0n) is 14.8. The van der Waals surface area contributed by atoms with Crippen molar-refractivity contribution in [2.45, 2.75) is 25.8 Å². The first-order chi connectivity index (χ1) is 13.2. The van der Waals surface area contributed by atoms with E-state index in [4.69, 9.17) is 9.47 Å². The Labute approximate surface area is 160 Å². The van der Waals surface area contributed by atoms with Gasteiger partial charge in [-0.3, -0.25) is 9.59 Å². The van der Waals surface area contributed by atoms with E-state index in [2.05, 4.69) is 10.4 Å². The summed E-state index contributed by atoms with van der Waals surface area (Å²) in [5.41, 5.74) is 1.78. The minimum atomic E-state index is -0.248. The molecule has 0 bridgehead atoms. The number of hydrogen-bond acceptors (Lipinski definition) is 6. The van der Waals surface area contributed by atoms with Crippen molar-refractivity contribution in [1.82, 2.24) is 10.3 Å². The van der Waals surface area contributed by atoms with Crippen molar-refractivity contribution in [3.8, 4) is 11.5 Å². The lowest BCUT2D eigenvalue weighted by atomic mass is 10.0. The van der Waals surface area contributed by atoms with Gasteiger partial charge in [0.05, 0.1) is 23.2 Å². The van der Waals surface area contributed by atoms with Gasteiger partial charge in [0.15, 0.2) is 11.5 Å². The van der Waals surface area contributed by atoms with Crippen LogP contribution in [0.2, 0.25) is 0 Å². The third kappa shape index (κ3) is 3.52. The summed E-state index contributed by atoms with van der Waals surface area (Å²) in [5.74, 6) is 0.962. The van der Waals surface area contributed by atoms with Gasteiger partial charge in [-0.2, -0.15) is 5.10 Å². The van der Waals surface area contributed by atoms with E-state index in [1.807, 2.05) is 35.7 Å². The number of rotatable bonds is 5. The van der Waals surface area contributed by atoms with Gasteiger partial charge in [0.1, 0.15) is 0 Å². The Balaban J connectivity index is 1.60. The summed E-state index contributed by atoms with van der Waals surface area (Å²) < 4.78 is 10.8. The molecule has 0 spiro atoms. The van der Waals surface area contributed by atoms with Gasteiger partial charge in [0, 0.05) is 12.8 Å². The molecule has 2 amide bonds. The van der Waals surface area contributed by atoms with Crippen LogP contribution in [0.15, 0.2) is 40.8 Å². The average molecular weight is 385 g/mol. The van der Waals surface area contributed by atoms with Crippen LogP contribution < -0.4 is 14.8 Å². The number of hydrazone groups is 1. The monoisotopic (exact) mass is 385 g/mol. The topological polar surface area (TPSA) is 80.2 Å². The van der Waals surface area contributed by atoms with E-state index in [1.165, 1.54) is 5.01 Å². The predicted molar refractivity (Wildman–Crippen MR) is 101 cm³/mol. The number of thiophene rings is 1. The molecule has 0 aliphatic carbocycles. The van der Waals surface area contributed by atoms with E-state index in [9.17, 15) is 9.59 Å². The molecule has 0 saturated carbocycles. The van der Waals surface area contributed by atoms with Gasteiger partial charge in [-0.25, -0.2) is 5.01 Å². The van der Waals surface area contributed by atoms with Gasteiger partial charge in [-0.1, -0.05) is 19.1 Å². The van der Waals surface area contributed by atoms with Crippen molar-refractivity contribution >= 4 is 28.9 Å². The van der Waals surface area contributed by atoms with Crippen molar-refractivity contribution in [2.75, 3.05) is 13.3 Å². The number of carbonyl (C=O) groups excluding carboxylic acids is 2. The Kier molecular flexibility index (Phi) is 4.81. The molecule has 4 rings (SSSR count). The van der Waals surface area contributed by atoms with Crippen molar-refractivity contribution in [3.05, 3.63) is 46.2 Å². The highest BCUT2D eigenvalue weighted by molar-refractivity contribution is 7.12. The molecule has 1 aromatic carbocycles. The molecule has 0 unspecified atom stereocenters. The molecule has 2 aromatic rings. The Morgan fingerprint density at radius 3 is 2.93 bits per heavy atom. The number of carbonyl (C=O) groups is 2. The Hall–Kier alpha value is -2.87. The van der Waals surface area contributed by atoms with Crippen LogP contribution in [0.5, 0.6) is 11.5 Å². The molecule has 2 aliphatic rings. The van der Waals surface area contributed by atoms with Crippen LogP contribution in [0.25, 0.3) is 0 Å². The molecule has 1 aromatic heterocycles. The average Bonchev–Trinajstić information content (AvgIpc) is 3.44. The number of hydrogen-bond donors (Lipinski definition) is 1. The number of fused-ring (bicyclic) bond motifs is 1. The van der Waals surface area contributed by atoms with Crippen LogP contribution in [0.3, 0.4) is 0 Å². The van der Waals surface area contributed by atoms with Crippen molar-refractivity contribution < 1.29 is 19.1 Å². The van der Waals surface area contributed by atoms with E-state index in [0.717, 1.165) is 16.2 Å². The lowest BCUT2D eigenvalue weighted by Gasteiger charge is -2.22. The van der Waals surface area contributed by atoms with E-state index >= 15 is 0 Å². The Morgan fingerprint density at radius 2 is 2.15 bits per heavy atom. The number of ether oxygens (including phenoxy) is 2. The fourth-order valence-electron chi connectivity index (χ4n) is 3.09. The van der Waals surface area contributed by atoms with Gasteiger partial charge in [-0.15, -0.1) is 11.3 Å². The van der Waals surface area contributed by atoms with Crippen molar-refractivity contribution in [1.29, 1.82) is 0 Å². The smallest absolute Gasteiger partial charge is 0.262 e. The van der Waals surface area contributed by atoms with E-state index < -0.39 is 0 Å². The van der Waals surface area contributed by atoms with Crippen LogP contribution >= 0.6 is 11.3 Å². The molecule has 140 valence electrons. The lowest BCUT2D eigenvalue weighted by Crippen LogP contribution is -2.37. The number of nitrogens with zero attached hydrogens (tertiary/aromatic N) is 2. The summed E-state index contributed by atoms with van der Waals surface area (Å²) in [6, 6.07) is 9.38. The zero-order chi connectivity index (χ0) is 18.8. The highest BCUT2D eigenvalue weighted by Crippen LogP contribution is 2.39. The highest BCUT2D eigenvalue weighted by Gasteiger charge is 2.34.